The Hall–Kier alpha value is -0.0800. The van der Waals surface area contributed by atoms with E-state index in [0.29, 0.717) is 5.41 Å². The van der Waals surface area contributed by atoms with Gasteiger partial charge in [-0.2, -0.15) is 0 Å². The second-order valence-corrected chi connectivity index (χ2v) is 8.06. The summed E-state index contributed by atoms with van der Waals surface area (Å²) in [6.45, 7) is 14.4. The first-order valence-corrected chi connectivity index (χ1v) is 8.43. The molecule has 2 atom stereocenters. The van der Waals surface area contributed by atoms with E-state index in [-0.39, 0.29) is 0 Å². The van der Waals surface area contributed by atoms with E-state index in [9.17, 15) is 0 Å². The number of nitrogens with one attached hydrogen (secondary N) is 1. The average Bonchev–Trinajstić information content (AvgIpc) is 2.71. The molecule has 0 aromatic rings. The predicted molar refractivity (Wildman–Crippen MR) is 83.4 cm³/mol. The maximum Gasteiger partial charge on any atom is 0.0124 e. The fourth-order valence-corrected chi connectivity index (χ4v) is 4.00. The van der Waals surface area contributed by atoms with Crippen molar-refractivity contribution in [1.82, 2.24) is 10.2 Å². The van der Waals surface area contributed by atoms with Crippen LogP contribution in [0.25, 0.3) is 0 Å². The molecule has 2 rings (SSSR count). The largest absolute Gasteiger partial charge is 0.316 e. The molecule has 2 aliphatic rings. The topological polar surface area (TPSA) is 15.3 Å². The highest BCUT2D eigenvalue weighted by molar-refractivity contribution is 4.92. The van der Waals surface area contributed by atoms with Gasteiger partial charge in [-0.05, 0) is 49.6 Å². The van der Waals surface area contributed by atoms with Crippen molar-refractivity contribution in [1.29, 1.82) is 0 Å². The minimum absolute atomic E-state index is 0.404. The van der Waals surface area contributed by atoms with E-state index in [1.54, 1.807) is 0 Å². The van der Waals surface area contributed by atoms with E-state index in [1.807, 2.05) is 0 Å². The van der Waals surface area contributed by atoms with Crippen molar-refractivity contribution in [2.75, 3.05) is 26.2 Å². The molecule has 0 aromatic heterocycles. The summed E-state index contributed by atoms with van der Waals surface area (Å²) in [5.41, 5.74) is 0.404. The fraction of sp³-hybridized carbons (Fsp3) is 1.00. The van der Waals surface area contributed by atoms with Gasteiger partial charge in [0.1, 0.15) is 0 Å². The van der Waals surface area contributed by atoms with Crippen molar-refractivity contribution in [2.45, 2.75) is 65.8 Å². The Bertz CT molecular complexity index is 272. The van der Waals surface area contributed by atoms with E-state index in [1.165, 1.54) is 45.2 Å². The minimum Gasteiger partial charge on any atom is -0.316 e. The Balaban J connectivity index is 1.79. The molecule has 2 fully saturated rings. The number of nitrogens with zero attached hydrogens (tertiary/aromatic N) is 1. The van der Waals surface area contributed by atoms with Gasteiger partial charge in [0.25, 0.3) is 0 Å². The van der Waals surface area contributed by atoms with Crippen molar-refractivity contribution in [3.63, 3.8) is 0 Å². The molecule has 19 heavy (non-hydrogen) atoms. The molecule has 112 valence electrons. The van der Waals surface area contributed by atoms with Crippen LogP contribution in [-0.4, -0.2) is 37.1 Å². The molecule has 0 aromatic carbocycles. The van der Waals surface area contributed by atoms with Crippen molar-refractivity contribution >= 4 is 0 Å². The lowest BCUT2D eigenvalue weighted by molar-refractivity contribution is 0.126. The molecule has 1 saturated carbocycles. The first-order valence-electron chi connectivity index (χ1n) is 8.43. The molecule has 0 bridgehead atoms. The summed E-state index contributed by atoms with van der Waals surface area (Å²) >= 11 is 0. The van der Waals surface area contributed by atoms with Crippen LogP contribution in [0.5, 0.6) is 0 Å². The summed E-state index contributed by atoms with van der Waals surface area (Å²) in [6.07, 6.45) is 7.35. The Labute approximate surface area is 120 Å². The van der Waals surface area contributed by atoms with Crippen LogP contribution in [0.15, 0.2) is 0 Å². The zero-order valence-corrected chi connectivity index (χ0v) is 13.5. The van der Waals surface area contributed by atoms with Gasteiger partial charge in [0.15, 0.2) is 0 Å². The van der Waals surface area contributed by atoms with Crippen LogP contribution in [0.4, 0.5) is 0 Å². The first kappa shape index (κ1) is 15.3. The fourth-order valence-electron chi connectivity index (χ4n) is 4.00. The van der Waals surface area contributed by atoms with Crippen LogP contribution in [-0.2, 0) is 0 Å². The summed E-state index contributed by atoms with van der Waals surface area (Å²) in [4.78, 5) is 2.81. The van der Waals surface area contributed by atoms with Crippen LogP contribution in [0.1, 0.15) is 59.8 Å². The van der Waals surface area contributed by atoms with E-state index in [0.717, 1.165) is 31.0 Å². The van der Waals surface area contributed by atoms with Crippen LogP contribution in [0, 0.1) is 17.3 Å². The lowest BCUT2D eigenvalue weighted by atomic mass is 9.84. The standard InChI is InChI=1S/C17H34N2/c1-14(2)11-18-12-17(3,4)13-19-10-9-15-7-5-6-8-16(15)19/h14-16,18H,5-13H2,1-4H3. The van der Waals surface area contributed by atoms with Crippen LogP contribution < -0.4 is 5.32 Å². The summed E-state index contributed by atoms with van der Waals surface area (Å²) in [5.74, 6) is 1.78. The number of rotatable bonds is 6. The van der Waals surface area contributed by atoms with Gasteiger partial charge in [0.2, 0.25) is 0 Å². The van der Waals surface area contributed by atoms with Crippen LogP contribution in [0.3, 0.4) is 0 Å². The van der Waals surface area contributed by atoms with E-state index >= 15 is 0 Å². The smallest absolute Gasteiger partial charge is 0.0124 e. The van der Waals surface area contributed by atoms with Gasteiger partial charge in [0, 0.05) is 19.1 Å². The van der Waals surface area contributed by atoms with Gasteiger partial charge in [-0.3, -0.25) is 4.90 Å². The highest BCUT2D eigenvalue weighted by atomic mass is 15.2. The monoisotopic (exact) mass is 266 g/mol. The summed E-state index contributed by atoms with van der Waals surface area (Å²) in [6, 6.07) is 0.915. The van der Waals surface area contributed by atoms with Crippen molar-refractivity contribution in [2.24, 2.45) is 17.3 Å². The second kappa shape index (κ2) is 6.58. The molecule has 2 heteroatoms. The third-order valence-corrected chi connectivity index (χ3v) is 4.91. The molecule has 0 amide bonds. The van der Waals surface area contributed by atoms with Crippen molar-refractivity contribution in [3.8, 4) is 0 Å². The normalized spacial score (nSPS) is 28.9. The lowest BCUT2D eigenvalue weighted by Crippen LogP contribution is -2.44. The zero-order valence-electron chi connectivity index (χ0n) is 13.5. The summed E-state index contributed by atoms with van der Waals surface area (Å²) in [5, 5.41) is 3.64. The maximum absolute atomic E-state index is 3.64. The summed E-state index contributed by atoms with van der Waals surface area (Å²) in [7, 11) is 0. The molecule has 1 aliphatic heterocycles. The van der Waals surface area contributed by atoms with Gasteiger partial charge < -0.3 is 5.32 Å². The van der Waals surface area contributed by atoms with Gasteiger partial charge >= 0.3 is 0 Å². The molecular weight excluding hydrogens is 232 g/mol. The van der Waals surface area contributed by atoms with E-state index in [2.05, 4.69) is 37.9 Å². The number of likely N-dealkylation sites (tertiary alicyclic amines) is 1. The molecule has 2 nitrogen and oxygen atoms in total. The van der Waals surface area contributed by atoms with Crippen LogP contribution in [0.2, 0.25) is 0 Å². The first-order chi connectivity index (χ1) is 8.98. The van der Waals surface area contributed by atoms with E-state index in [4.69, 9.17) is 0 Å². The highest BCUT2D eigenvalue weighted by Gasteiger charge is 2.37. The average molecular weight is 266 g/mol. The molecule has 1 N–H and O–H groups in total. The minimum atomic E-state index is 0.404. The maximum atomic E-state index is 3.64. The van der Waals surface area contributed by atoms with Gasteiger partial charge in [-0.25, -0.2) is 0 Å². The number of hydrogen-bond acceptors (Lipinski definition) is 2. The third kappa shape index (κ3) is 4.46. The molecule has 1 saturated heterocycles. The molecule has 1 heterocycles. The number of hydrogen-bond donors (Lipinski definition) is 1. The van der Waals surface area contributed by atoms with Gasteiger partial charge in [-0.15, -0.1) is 0 Å². The molecule has 2 unspecified atom stereocenters. The molecule has 0 spiro atoms. The third-order valence-electron chi connectivity index (χ3n) is 4.91. The van der Waals surface area contributed by atoms with Gasteiger partial charge in [-0.1, -0.05) is 40.5 Å². The molecular formula is C17H34N2. The summed E-state index contributed by atoms with van der Waals surface area (Å²) < 4.78 is 0. The Morgan fingerprint density at radius 3 is 2.63 bits per heavy atom. The SMILES string of the molecule is CC(C)CNCC(C)(C)CN1CCC2CCCCC21. The van der Waals surface area contributed by atoms with E-state index < -0.39 is 0 Å². The zero-order chi connectivity index (χ0) is 13.9. The van der Waals surface area contributed by atoms with Gasteiger partial charge in [0.05, 0.1) is 0 Å². The van der Waals surface area contributed by atoms with Crippen molar-refractivity contribution in [3.05, 3.63) is 0 Å². The molecule has 1 aliphatic carbocycles. The quantitative estimate of drug-likeness (QED) is 0.791. The predicted octanol–water partition coefficient (Wildman–Crippen LogP) is 3.52. The second-order valence-electron chi connectivity index (χ2n) is 8.06. The molecule has 0 radical (unpaired) electrons. The van der Waals surface area contributed by atoms with Crippen LogP contribution >= 0.6 is 0 Å². The lowest BCUT2D eigenvalue weighted by Gasteiger charge is -2.37. The number of fused-ring (bicyclic) bond motifs is 1. The Morgan fingerprint density at radius 1 is 1.16 bits per heavy atom. The Morgan fingerprint density at radius 2 is 1.89 bits per heavy atom. The highest BCUT2D eigenvalue weighted by Crippen LogP contribution is 2.37. The van der Waals surface area contributed by atoms with Crippen molar-refractivity contribution < 1.29 is 0 Å². The Kier molecular flexibility index (Phi) is 5.30.